The van der Waals surface area contributed by atoms with Crippen LogP contribution in [0.1, 0.15) is 38.5 Å². The lowest BCUT2D eigenvalue weighted by atomic mass is 10.1. The Morgan fingerprint density at radius 3 is 2.47 bits per heavy atom. The van der Waals surface area contributed by atoms with Crippen molar-refractivity contribution in [2.45, 2.75) is 49.5 Å². The predicted molar refractivity (Wildman–Crippen MR) is 135 cm³/mol. The summed E-state index contributed by atoms with van der Waals surface area (Å²) >= 11 is 12.0. The van der Waals surface area contributed by atoms with Gasteiger partial charge in [-0.05, 0) is 49.7 Å². The Bertz CT molecular complexity index is 1140. The summed E-state index contributed by atoms with van der Waals surface area (Å²) in [6, 6.07) is 9.19. The minimum Gasteiger partial charge on any atom is -0.356 e. The van der Waals surface area contributed by atoms with Gasteiger partial charge < -0.3 is 16.4 Å². The van der Waals surface area contributed by atoms with Crippen LogP contribution in [0.15, 0.2) is 47.4 Å². The highest BCUT2D eigenvalue weighted by molar-refractivity contribution is 7.93. The summed E-state index contributed by atoms with van der Waals surface area (Å²) in [6.07, 6.45) is 4.48. The Kier molecular flexibility index (Phi) is 9.18. The number of sulfonamides is 1. The van der Waals surface area contributed by atoms with E-state index < -0.39 is 27.9 Å². The van der Waals surface area contributed by atoms with Gasteiger partial charge >= 0.3 is 0 Å². The van der Waals surface area contributed by atoms with E-state index in [9.17, 15) is 18.0 Å². The number of hydrogen-bond acceptors (Lipinski definition) is 5. The number of nitrogens with one attached hydrogen (secondary N) is 2. The molecular formula is C23H28Cl2N4O4S. The van der Waals surface area contributed by atoms with Crippen LogP contribution in [0.2, 0.25) is 10.0 Å². The van der Waals surface area contributed by atoms with Crippen LogP contribution in [0.25, 0.3) is 0 Å². The summed E-state index contributed by atoms with van der Waals surface area (Å²) in [4.78, 5) is 25.4. The average molecular weight is 527 g/mol. The number of fused-ring (bicyclic) bond motifs is 1. The lowest BCUT2D eigenvalue weighted by Gasteiger charge is -2.36. The molecule has 11 heteroatoms. The number of amides is 2. The van der Waals surface area contributed by atoms with E-state index in [1.165, 1.54) is 18.2 Å². The molecule has 0 radical (unpaired) electrons. The van der Waals surface area contributed by atoms with Gasteiger partial charge in [-0.15, -0.1) is 0 Å². The van der Waals surface area contributed by atoms with Crippen LogP contribution < -0.4 is 20.7 Å². The van der Waals surface area contributed by atoms with Crippen LogP contribution in [-0.2, 0) is 19.6 Å². The van der Waals surface area contributed by atoms with Gasteiger partial charge in [0.15, 0.2) is 0 Å². The van der Waals surface area contributed by atoms with Crippen molar-refractivity contribution >= 4 is 56.4 Å². The predicted octanol–water partition coefficient (Wildman–Crippen LogP) is 3.92. The van der Waals surface area contributed by atoms with E-state index in [1.54, 1.807) is 24.3 Å². The third-order valence-corrected chi connectivity index (χ3v) is 8.07. The number of halogens is 2. The summed E-state index contributed by atoms with van der Waals surface area (Å²) < 4.78 is 28.3. The van der Waals surface area contributed by atoms with Crippen LogP contribution in [0.5, 0.6) is 0 Å². The Hall–Kier alpha value is -2.33. The lowest BCUT2D eigenvalue weighted by molar-refractivity contribution is -0.125. The van der Waals surface area contributed by atoms with Crippen LogP contribution in [-0.4, -0.2) is 39.4 Å². The molecule has 8 nitrogen and oxygen atoms in total. The molecule has 0 unspecified atom stereocenters. The molecule has 2 aromatic rings. The molecule has 2 aromatic carbocycles. The van der Waals surface area contributed by atoms with E-state index >= 15 is 0 Å². The van der Waals surface area contributed by atoms with Gasteiger partial charge in [0.1, 0.15) is 6.04 Å². The highest BCUT2D eigenvalue weighted by atomic mass is 35.5. The third-order valence-electron chi connectivity index (χ3n) is 5.51. The fourth-order valence-electron chi connectivity index (χ4n) is 3.76. The molecular weight excluding hydrogens is 499 g/mol. The van der Waals surface area contributed by atoms with E-state index in [0.29, 0.717) is 18.8 Å². The van der Waals surface area contributed by atoms with Crippen molar-refractivity contribution in [2.24, 2.45) is 5.73 Å². The Balaban J connectivity index is 1.80. The molecule has 4 N–H and O–H groups in total. The van der Waals surface area contributed by atoms with Crippen molar-refractivity contribution in [3.63, 3.8) is 0 Å². The first kappa shape index (κ1) is 26.3. The van der Waals surface area contributed by atoms with Gasteiger partial charge in [0.2, 0.25) is 11.8 Å². The van der Waals surface area contributed by atoms with Gasteiger partial charge in [-0.1, -0.05) is 54.6 Å². The molecule has 1 aliphatic heterocycles. The van der Waals surface area contributed by atoms with Crippen molar-refractivity contribution in [3.05, 3.63) is 52.5 Å². The average Bonchev–Trinajstić information content (AvgIpc) is 2.80. The normalized spacial score (nSPS) is 15.6. The first-order valence-corrected chi connectivity index (χ1v) is 13.3. The molecule has 0 saturated carbocycles. The smallest absolute Gasteiger partial charge is 0.265 e. The lowest BCUT2D eigenvalue weighted by Crippen LogP contribution is -2.52. The number of benzene rings is 2. The molecule has 2 amide bonds. The number of anilines is 2. The molecule has 0 fully saturated rings. The van der Waals surface area contributed by atoms with Crippen molar-refractivity contribution in [1.82, 2.24) is 5.32 Å². The van der Waals surface area contributed by atoms with E-state index in [-0.39, 0.29) is 27.0 Å². The number of nitrogens with zero attached hydrogens (tertiary/aromatic N) is 1. The van der Waals surface area contributed by atoms with Crippen LogP contribution >= 0.6 is 23.2 Å². The van der Waals surface area contributed by atoms with Gasteiger partial charge in [0, 0.05) is 6.54 Å². The van der Waals surface area contributed by atoms with Gasteiger partial charge in [0.05, 0.1) is 32.7 Å². The second-order valence-corrected chi connectivity index (χ2v) is 10.6. The number of unbranched alkanes of at least 4 members (excludes halogenated alkanes) is 4. The minimum atomic E-state index is -4.24. The van der Waals surface area contributed by atoms with Gasteiger partial charge in [-0.3, -0.25) is 13.9 Å². The molecule has 0 aliphatic carbocycles. The highest BCUT2D eigenvalue weighted by Gasteiger charge is 2.42. The third kappa shape index (κ3) is 6.21. The summed E-state index contributed by atoms with van der Waals surface area (Å²) in [5, 5.41) is 5.77. The zero-order valence-electron chi connectivity index (χ0n) is 18.6. The van der Waals surface area contributed by atoms with Crippen molar-refractivity contribution < 1.29 is 18.0 Å². The van der Waals surface area contributed by atoms with E-state index in [4.69, 9.17) is 28.9 Å². The number of nitrogens with two attached hydrogens (primary N) is 1. The fourth-order valence-corrected chi connectivity index (χ4v) is 5.78. The molecule has 3 rings (SSSR count). The van der Waals surface area contributed by atoms with Crippen molar-refractivity contribution in [1.29, 1.82) is 0 Å². The zero-order chi connectivity index (χ0) is 24.7. The molecule has 1 aliphatic rings. The number of para-hydroxylation sites is 2. The van der Waals surface area contributed by atoms with Gasteiger partial charge in [-0.25, -0.2) is 8.42 Å². The van der Waals surface area contributed by atoms with Crippen LogP contribution in [0, 0.1) is 0 Å². The second kappa shape index (κ2) is 11.9. The first-order valence-electron chi connectivity index (χ1n) is 11.1. The summed E-state index contributed by atoms with van der Waals surface area (Å²) in [6.45, 7) is 1.12. The first-order chi connectivity index (χ1) is 16.3. The molecule has 1 atom stereocenters. The zero-order valence-corrected chi connectivity index (χ0v) is 20.9. The molecule has 184 valence electrons. The maximum Gasteiger partial charge on any atom is 0.265 e. The minimum absolute atomic E-state index is 0.0678. The molecule has 34 heavy (non-hydrogen) atoms. The highest BCUT2D eigenvalue weighted by Crippen LogP contribution is 2.38. The fraction of sp³-hybridized carbons (Fsp3) is 0.391. The maximum atomic E-state index is 13.6. The monoisotopic (exact) mass is 526 g/mol. The number of hydrogen-bond donors (Lipinski definition) is 3. The largest absolute Gasteiger partial charge is 0.356 e. The summed E-state index contributed by atoms with van der Waals surface area (Å²) in [5.74, 6) is -0.991. The molecule has 1 heterocycles. The summed E-state index contributed by atoms with van der Waals surface area (Å²) in [5.41, 5.74) is 6.09. The second-order valence-electron chi connectivity index (χ2n) is 8.01. The standard InChI is InChI=1S/C23H28Cl2N4O4S/c24-17-11-10-16(14-18(17)25)34(32,33)29-20-9-5-4-8-19(20)28-23(31)21(29)15-22(30)27-13-7-3-1-2-6-12-26/h4-5,8-11,14,21H,1-3,6-7,12-13,15,26H2,(H,27,30)(H,28,31)/t21-/m1/s1. The van der Waals surface area contributed by atoms with Crippen molar-refractivity contribution in [3.8, 4) is 0 Å². The number of carbonyl (C=O) groups is 2. The van der Waals surface area contributed by atoms with Crippen LogP contribution in [0.4, 0.5) is 11.4 Å². The number of rotatable bonds is 11. The Morgan fingerprint density at radius 1 is 1.03 bits per heavy atom. The van der Waals surface area contributed by atoms with Crippen molar-refractivity contribution in [2.75, 3.05) is 22.7 Å². The Labute approximate surface area is 209 Å². The maximum absolute atomic E-state index is 13.6. The number of carbonyl (C=O) groups excluding carboxylic acids is 2. The van der Waals surface area contributed by atoms with E-state index in [1.807, 2.05) is 0 Å². The topological polar surface area (TPSA) is 122 Å². The quantitative estimate of drug-likeness (QED) is 0.383. The van der Waals surface area contributed by atoms with Crippen LogP contribution in [0.3, 0.4) is 0 Å². The SMILES string of the molecule is NCCCCCCCNC(=O)C[C@@H]1C(=O)Nc2ccccc2N1S(=O)(=O)c1ccc(Cl)c(Cl)c1. The van der Waals surface area contributed by atoms with Gasteiger partial charge in [-0.2, -0.15) is 0 Å². The molecule has 0 aromatic heterocycles. The van der Waals surface area contributed by atoms with E-state index in [0.717, 1.165) is 36.4 Å². The molecule has 0 bridgehead atoms. The van der Waals surface area contributed by atoms with Gasteiger partial charge in [0.25, 0.3) is 10.0 Å². The van der Waals surface area contributed by atoms with E-state index in [2.05, 4.69) is 10.6 Å². The molecule has 0 saturated heterocycles. The summed E-state index contributed by atoms with van der Waals surface area (Å²) in [7, 11) is -4.24. The molecule has 0 spiro atoms. The Morgan fingerprint density at radius 2 is 1.74 bits per heavy atom.